The van der Waals surface area contributed by atoms with E-state index < -0.39 is 12.1 Å². The molecule has 0 spiro atoms. The van der Waals surface area contributed by atoms with Crippen molar-refractivity contribution in [3.8, 4) is 0 Å². The maximum Gasteiger partial charge on any atom is 0.339 e. The van der Waals surface area contributed by atoms with Crippen LogP contribution in [0.15, 0.2) is 12.1 Å². The number of benzene rings is 1. The Morgan fingerprint density at radius 3 is 2.25 bits per heavy atom. The van der Waals surface area contributed by atoms with Gasteiger partial charge < -0.3 is 10.1 Å². The Balaban J connectivity index is 2.05. The molecule has 1 N–H and O–H groups in total. The fourth-order valence-electron chi connectivity index (χ4n) is 2.32. The number of carbonyl (C=O) groups is 2. The normalized spacial score (nSPS) is 15.6. The standard InChI is InChI=1S/C16H21NO3/c1-9-7-10(2)14(11(3)8-9)16(19)20-12(4)15(18)17-13-5-6-13/h7-8,12-13H,5-6H2,1-4H3,(H,17,18). The Morgan fingerprint density at radius 1 is 1.20 bits per heavy atom. The summed E-state index contributed by atoms with van der Waals surface area (Å²) in [5.74, 6) is -0.651. The van der Waals surface area contributed by atoms with E-state index in [4.69, 9.17) is 4.74 Å². The van der Waals surface area contributed by atoms with Crippen molar-refractivity contribution in [2.45, 2.75) is 52.7 Å². The number of rotatable bonds is 4. The van der Waals surface area contributed by atoms with Gasteiger partial charge in [0.1, 0.15) is 0 Å². The van der Waals surface area contributed by atoms with Gasteiger partial charge in [-0.2, -0.15) is 0 Å². The van der Waals surface area contributed by atoms with Crippen molar-refractivity contribution in [3.05, 3.63) is 34.4 Å². The first-order valence-corrected chi connectivity index (χ1v) is 6.97. The molecule has 108 valence electrons. The lowest BCUT2D eigenvalue weighted by Gasteiger charge is -2.15. The van der Waals surface area contributed by atoms with Gasteiger partial charge in [0, 0.05) is 6.04 Å². The number of carbonyl (C=O) groups excluding carboxylic acids is 2. The molecule has 1 amide bonds. The van der Waals surface area contributed by atoms with E-state index in [-0.39, 0.29) is 11.9 Å². The molecule has 1 unspecified atom stereocenters. The summed E-state index contributed by atoms with van der Waals surface area (Å²) in [5, 5.41) is 2.83. The zero-order valence-corrected chi connectivity index (χ0v) is 12.4. The van der Waals surface area contributed by atoms with E-state index in [2.05, 4.69) is 5.32 Å². The molecule has 0 aromatic heterocycles. The van der Waals surface area contributed by atoms with E-state index in [1.165, 1.54) is 0 Å². The molecule has 1 aromatic rings. The maximum atomic E-state index is 12.2. The summed E-state index contributed by atoms with van der Waals surface area (Å²) < 4.78 is 5.28. The van der Waals surface area contributed by atoms with Crippen LogP contribution in [0.3, 0.4) is 0 Å². The summed E-state index contributed by atoms with van der Waals surface area (Å²) in [6, 6.07) is 4.16. The molecule has 20 heavy (non-hydrogen) atoms. The van der Waals surface area contributed by atoms with Crippen LogP contribution in [0, 0.1) is 20.8 Å². The number of esters is 1. The zero-order valence-electron chi connectivity index (χ0n) is 12.4. The first kappa shape index (κ1) is 14.6. The van der Waals surface area contributed by atoms with Crippen molar-refractivity contribution in [2.24, 2.45) is 0 Å². The molecule has 1 fully saturated rings. The molecule has 1 saturated carbocycles. The molecule has 1 aliphatic carbocycles. The van der Waals surface area contributed by atoms with Gasteiger partial charge in [-0.3, -0.25) is 4.79 Å². The van der Waals surface area contributed by atoms with E-state index in [0.717, 1.165) is 29.5 Å². The highest BCUT2D eigenvalue weighted by molar-refractivity contribution is 5.95. The third-order valence-corrected chi connectivity index (χ3v) is 3.46. The first-order chi connectivity index (χ1) is 9.38. The monoisotopic (exact) mass is 275 g/mol. The molecule has 2 rings (SSSR count). The van der Waals surface area contributed by atoms with Crippen molar-refractivity contribution >= 4 is 11.9 Å². The van der Waals surface area contributed by atoms with Gasteiger partial charge in [0.2, 0.25) is 0 Å². The third-order valence-electron chi connectivity index (χ3n) is 3.46. The van der Waals surface area contributed by atoms with Crippen molar-refractivity contribution in [1.29, 1.82) is 0 Å². The van der Waals surface area contributed by atoms with Gasteiger partial charge in [0.15, 0.2) is 6.10 Å². The minimum absolute atomic E-state index is 0.219. The average Bonchev–Trinajstić information content (AvgIpc) is 3.11. The fourth-order valence-corrected chi connectivity index (χ4v) is 2.32. The van der Waals surface area contributed by atoms with Crippen molar-refractivity contribution in [1.82, 2.24) is 5.32 Å². The van der Waals surface area contributed by atoms with E-state index in [9.17, 15) is 9.59 Å². The number of ether oxygens (including phenoxy) is 1. The molecule has 0 heterocycles. The molecule has 1 aromatic carbocycles. The Morgan fingerprint density at radius 2 is 1.75 bits per heavy atom. The molecule has 0 aliphatic heterocycles. The quantitative estimate of drug-likeness (QED) is 0.859. The van der Waals surface area contributed by atoms with Gasteiger partial charge >= 0.3 is 5.97 Å². The molecule has 4 heteroatoms. The zero-order chi connectivity index (χ0) is 14.9. The number of nitrogens with one attached hydrogen (secondary N) is 1. The van der Waals surface area contributed by atoms with Crippen LogP contribution in [0.2, 0.25) is 0 Å². The second kappa shape index (κ2) is 5.65. The number of hydrogen-bond acceptors (Lipinski definition) is 3. The Labute approximate surface area is 119 Å². The maximum absolute atomic E-state index is 12.2. The number of aryl methyl sites for hydroxylation is 3. The van der Waals surface area contributed by atoms with Crippen LogP contribution in [-0.4, -0.2) is 24.0 Å². The van der Waals surface area contributed by atoms with Gasteiger partial charge in [0.25, 0.3) is 5.91 Å². The van der Waals surface area contributed by atoms with Crippen LogP contribution in [0.5, 0.6) is 0 Å². The summed E-state index contributed by atoms with van der Waals surface area (Å²) in [6.45, 7) is 7.35. The highest BCUT2D eigenvalue weighted by Gasteiger charge is 2.27. The predicted molar refractivity (Wildman–Crippen MR) is 76.7 cm³/mol. The van der Waals surface area contributed by atoms with Crippen LogP contribution in [0.4, 0.5) is 0 Å². The van der Waals surface area contributed by atoms with Crippen molar-refractivity contribution in [2.75, 3.05) is 0 Å². The fraction of sp³-hybridized carbons (Fsp3) is 0.500. The summed E-state index contributed by atoms with van der Waals surface area (Å²) in [7, 11) is 0. The molecule has 0 bridgehead atoms. The van der Waals surface area contributed by atoms with Crippen molar-refractivity contribution in [3.63, 3.8) is 0 Å². The molecular weight excluding hydrogens is 254 g/mol. The minimum Gasteiger partial charge on any atom is -0.449 e. The van der Waals surface area contributed by atoms with Gasteiger partial charge in [0.05, 0.1) is 5.56 Å². The minimum atomic E-state index is -0.761. The number of amides is 1. The molecule has 0 saturated heterocycles. The molecular formula is C16H21NO3. The van der Waals surface area contributed by atoms with Crippen LogP contribution < -0.4 is 5.32 Å². The van der Waals surface area contributed by atoms with Crippen LogP contribution >= 0.6 is 0 Å². The molecule has 1 aliphatic rings. The smallest absolute Gasteiger partial charge is 0.339 e. The van der Waals surface area contributed by atoms with Crippen molar-refractivity contribution < 1.29 is 14.3 Å². The van der Waals surface area contributed by atoms with Gasteiger partial charge in [-0.1, -0.05) is 17.7 Å². The molecule has 4 nitrogen and oxygen atoms in total. The second-order valence-electron chi connectivity index (χ2n) is 5.60. The molecule has 1 atom stereocenters. The summed E-state index contributed by atoms with van der Waals surface area (Å²) in [4.78, 5) is 24.0. The van der Waals surface area contributed by atoms with E-state index >= 15 is 0 Å². The summed E-state index contributed by atoms with van der Waals surface area (Å²) >= 11 is 0. The number of hydrogen-bond donors (Lipinski definition) is 1. The second-order valence-corrected chi connectivity index (χ2v) is 5.60. The molecule has 0 radical (unpaired) electrons. The highest BCUT2D eigenvalue weighted by Crippen LogP contribution is 2.20. The van der Waals surface area contributed by atoms with Crippen LogP contribution in [0.25, 0.3) is 0 Å². The lowest BCUT2D eigenvalue weighted by Crippen LogP contribution is -2.37. The lowest BCUT2D eigenvalue weighted by atomic mass is 10.00. The van der Waals surface area contributed by atoms with Gasteiger partial charge in [-0.25, -0.2) is 4.79 Å². The Hall–Kier alpha value is -1.84. The van der Waals surface area contributed by atoms with E-state index in [0.29, 0.717) is 5.56 Å². The topological polar surface area (TPSA) is 55.4 Å². The SMILES string of the molecule is Cc1cc(C)c(C(=O)OC(C)C(=O)NC2CC2)c(C)c1. The van der Waals surface area contributed by atoms with Gasteiger partial charge in [-0.15, -0.1) is 0 Å². The predicted octanol–water partition coefficient (Wildman–Crippen LogP) is 2.44. The largest absolute Gasteiger partial charge is 0.449 e. The van der Waals surface area contributed by atoms with E-state index in [1.54, 1.807) is 6.92 Å². The third kappa shape index (κ3) is 3.38. The van der Waals surface area contributed by atoms with Crippen LogP contribution in [0.1, 0.15) is 46.8 Å². The Kier molecular flexibility index (Phi) is 4.12. The summed E-state index contributed by atoms with van der Waals surface area (Å²) in [5.41, 5.74) is 3.42. The first-order valence-electron chi connectivity index (χ1n) is 6.97. The average molecular weight is 275 g/mol. The van der Waals surface area contributed by atoms with E-state index in [1.807, 2.05) is 32.9 Å². The lowest BCUT2D eigenvalue weighted by molar-refractivity contribution is -0.129. The van der Waals surface area contributed by atoms with Crippen LogP contribution in [-0.2, 0) is 9.53 Å². The highest BCUT2D eigenvalue weighted by atomic mass is 16.5. The van der Waals surface area contributed by atoms with Gasteiger partial charge in [-0.05, 0) is 51.7 Å². The summed E-state index contributed by atoms with van der Waals surface area (Å²) in [6.07, 6.45) is 1.27. The Bertz CT molecular complexity index is 524.